The summed E-state index contributed by atoms with van der Waals surface area (Å²) in [6, 6.07) is 6.88. The van der Waals surface area contributed by atoms with E-state index < -0.39 is 0 Å². The van der Waals surface area contributed by atoms with E-state index >= 15 is 0 Å². The lowest BCUT2D eigenvalue weighted by Crippen LogP contribution is -2.19. The smallest absolute Gasteiger partial charge is 0.224 e. The number of rotatable bonds is 3. The number of carbonyl (C=O) groups is 2. The van der Waals surface area contributed by atoms with Crippen LogP contribution in [0.1, 0.15) is 37.6 Å². The molecule has 1 rings (SSSR count). The molecule has 0 aliphatic rings. The number of hydrogen-bond donors (Lipinski definition) is 1. The molecule has 0 atom stereocenters. The van der Waals surface area contributed by atoms with E-state index in [2.05, 4.69) is 5.32 Å². The topological polar surface area (TPSA) is 46.2 Å². The fourth-order valence-electron chi connectivity index (χ4n) is 1.38. The number of amides is 1. The van der Waals surface area contributed by atoms with Crippen LogP contribution in [0.5, 0.6) is 0 Å². The molecule has 1 aromatic carbocycles. The molecule has 0 radical (unpaired) electrons. The molecule has 1 aromatic rings. The summed E-state index contributed by atoms with van der Waals surface area (Å²) < 4.78 is 0. The average molecular weight is 219 g/mol. The highest BCUT2D eigenvalue weighted by Crippen LogP contribution is 2.19. The Bertz CT molecular complexity index is 391. The van der Waals surface area contributed by atoms with Crippen molar-refractivity contribution in [3.63, 3.8) is 0 Å². The summed E-state index contributed by atoms with van der Waals surface area (Å²) in [4.78, 5) is 22.2. The first-order chi connectivity index (χ1) is 7.40. The summed E-state index contributed by atoms with van der Waals surface area (Å²) in [6.45, 7) is 6.03. The van der Waals surface area contributed by atoms with E-state index in [-0.39, 0.29) is 11.3 Å². The number of nitrogens with one attached hydrogen (secondary N) is 1. The second-order valence-electron chi connectivity index (χ2n) is 5.03. The zero-order valence-corrected chi connectivity index (χ0v) is 9.91. The van der Waals surface area contributed by atoms with Crippen molar-refractivity contribution in [2.24, 2.45) is 5.41 Å². The Morgan fingerprint density at radius 2 is 2.06 bits per heavy atom. The van der Waals surface area contributed by atoms with Crippen LogP contribution in [0.2, 0.25) is 0 Å². The number of anilines is 1. The van der Waals surface area contributed by atoms with E-state index in [1.807, 2.05) is 20.8 Å². The molecule has 0 spiro atoms. The van der Waals surface area contributed by atoms with Gasteiger partial charge in [-0.15, -0.1) is 0 Å². The summed E-state index contributed by atoms with van der Waals surface area (Å²) in [5.41, 5.74) is 1.19. The lowest BCUT2D eigenvalue weighted by atomic mass is 9.92. The number of aldehydes is 1. The molecule has 0 aromatic heterocycles. The Morgan fingerprint density at radius 1 is 1.38 bits per heavy atom. The minimum absolute atomic E-state index is 0.0319. The van der Waals surface area contributed by atoms with Gasteiger partial charge in [0.05, 0.1) is 0 Å². The summed E-state index contributed by atoms with van der Waals surface area (Å²) in [7, 11) is 0. The van der Waals surface area contributed by atoms with E-state index in [1.54, 1.807) is 24.3 Å². The largest absolute Gasteiger partial charge is 0.326 e. The third-order valence-corrected chi connectivity index (χ3v) is 2.00. The molecule has 86 valence electrons. The molecule has 0 heterocycles. The Kier molecular flexibility index (Phi) is 3.82. The quantitative estimate of drug-likeness (QED) is 0.794. The summed E-state index contributed by atoms with van der Waals surface area (Å²) in [5.74, 6) is -0.0319. The molecule has 0 unspecified atom stereocenters. The zero-order valence-electron chi connectivity index (χ0n) is 9.91. The second-order valence-corrected chi connectivity index (χ2v) is 5.03. The Hall–Kier alpha value is -1.64. The van der Waals surface area contributed by atoms with Gasteiger partial charge in [0.1, 0.15) is 6.29 Å². The van der Waals surface area contributed by atoms with Crippen molar-refractivity contribution in [3.05, 3.63) is 29.8 Å². The van der Waals surface area contributed by atoms with Crippen molar-refractivity contribution in [1.29, 1.82) is 0 Å². The van der Waals surface area contributed by atoms with Gasteiger partial charge in [-0.3, -0.25) is 9.59 Å². The van der Waals surface area contributed by atoms with E-state index in [0.29, 0.717) is 17.7 Å². The van der Waals surface area contributed by atoms with Crippen molar-refractivity contribution < 1.29 is 9.59 Å². The van der Waals surface area contributed by atoms with Gasteiger partial charge in [0.15, 0.2) is 0 Å². The van der Waals surface area contributed by atoms with Gasteiger partial charge in [-0.1, -0.05) is 32.9 Å². The van der Waals surface area contributed by atoms with Gasteiger partial charge in [-0.2, -0.15) is 0 Å². The van der Waals surface area contributed by atoms with E-state index in [0.717, 1.165) is 6.29 Å². The first kappa shape index (κ1) is 12.4. The fourth-order valence-corrected chi connectivity index (χ4v) is 1.38. The maximum absolute atomic E-state index is 11.6. The number of benzene rings is 1. The standard InChI is InChI=1S/C13H17NO2/c1-13(2,3)8-12(16)14-11-6-4-5-10(7-11)9-15/h4-7,9H,8H2,1-3H3,(H,14,16). The molecule has 0 saturated carbocycles. The van der Waals surface area contributed by atoms with Gasteiger partial charge in [0.2, 0.25) is 5.91 Å². The van der Waals surface area contributed by atoms with Crippen LogP contribution >= 0.6 is 0 Å². The molecule has 0 aliphatic heterocycles. The average Bonchev–Trinajstić information content (AvgIpc) is 2.15. The lowest BCUT2D eigenvalue weighted by Gasteiger charge is -2.17. The molecular formula is C13H17NO2. The highest BCUT2D eigenvalue weighted by molar-refractivity contribution is 5.92. The maximum atomic E-state index is 11.6. The van der Waals surface area contributed by atoms with Gasteiger partial charge >= 0.3 is 0 Å². The monoisotopic (exact) mass is 219 g/mol. The van der Waals surface area contributed by atoms with Crippen LogP contribution < -0.4 is 5.32 Å². The first-order valence-electron chi connectivity index (χ1n) is 5.26. The molecule has 3 nitrogen and oxygen atoms in total. The van der Waals surface area contributed by atoms with Crippen LogP contribution in [0.4, 0.5) is 5.69 Å². The lowest BCUT2D eigenvalue weighted by molar-refractivity contribution is -0.117. The third-order valence-electron chi connectivity index (χ3n) is 2.00. The van der Waals surface area contributed by atoms with Gasteiger partial charge in [0.25, 0.3) is 0 Å². The molecule has 3 heteroatoms. The van der Waals surface area contributed by atoms with Crippen LogP contribution in [-0.4, -0.2) is 12.2 Å². The number of hydrogen-bond acceptors (Lipinski definition) is 2. The predicted octanol–water partition coefficient (Wildman–Crippen LogP) is 2.87. The van der Waals surface area contributed by atoms with Crippen LogP contribution in [0.3, 0.4) is 0 Å². The SMILES string of the molecule is CC(C)(C)CC(=O)Nc1cccc(C=O)c1. The Labute approximate surface area is 95.9 Å². The molecule has 0 bridgehead atoms. The zero-order chi connectivity index (χ0) is 12.2. The second kappa shape index (κ2) is 4.92. The molecule has 1 N–H and O–H groups in total. The van der Waals surface area contributed by atoms with Gasteiger partial charge < -0.3 is 5.32 Å². The van der Waals surface area contributed by atoms with Crippen LogP contribution in [0, 0.1) is 5.41 Å². The van der Waals surface area contributed by atoms with Crippen molar-refractivity contribution in [2.75, 3.05) is 5.32 Å². The molecule has 0 fully saturated rings. The number of carbonyl (C=O) groups excluding carboxylic acids is 2. The molecule has 0 aliphatic carbocycles. The van der Waals surface area contributed by atoms with Crippen LogP contribution in [0.15, 0.2) is 24.3 Å². The summed E-state index contributed by atoms with van der Waals surface area (Å²) >= 11 is 0. The highest BCUT2D eigenvalue weighted by atomic mass is 16.1. The molecule has 16 heavy (non-hydrogen) atoms. The molecule has 1 amide bonds. The molecule has 0 saturated heterocycles. The van der Waals surface area contributed by atoms with Crippen LogP contribution in [-0.2, 0) is 4.79 Å². The van der Waals surface area contributed by atoms with Gasteiger partial charge in [0, 0.05) is 17.7 Å². The Morgan fingerprint density at radius 3 is 2.62 bits per heavy atom. The normalized spacial score (nSPS) is 10.9. The van der Waals surface area contributed by atoms with Crippen molar-refractivity contribution in [3.8, 4) is 0 Å². The first-order valence-corrected chi connectivity index (χ1v) is 5.26. The van der Waals surface area contributed by atoms with Crippen molar-refractivity contribution in [2.45, 2.75) is 27.2 Å². The van der Waals surface area contributed by atoms with Crippen molar-refractivity contribution >= 4 is 17.9 Å². The highest BCUT2D eigenvalue weighted by Gasteiger charge is 2.15. The third kappa shape index (κ3) is 4.26. The Balaban J connectivity index is 2.66. The minimum atomic E-state index is -0.0354. The van der Waals surface area contributed by atoms with E-state index in [4.69, 9.17) is 0 Å². The van der Waals surface area contributed by atoms with Gasteiger partial charge in [-0.25, -0.2) is 0 Å². The van der Waals surface area contributed by atoms with Crippen LogP contribution in [0.25, 0.3) is 0 Å². The predicted molar refractivity (Wildman–Crippen MR) is 64.5 cm³/mol. The molecular weight excluding hydrogens is 202 g/mol. The fraction of sp³-hybridized carbons (Fsp3) is 0.385. The van der Waals surface area contributed by atoms with Gasteiger partial charge in [-0.05, 0) is 17.5 Å². The van der Waals surface area contributed by atoms with E-state index in [1.165, 1.54) is 0 Å². The minimum Gasteiger partial charge on any atom is -0.326 e. The summed E-state index contributed by atoms with van der Waals surface area (Å²) in [5, 5.41) is 2.78. The van der Waals surface area contributed by atoms with Crippen molar-refractivity contribution in [1.82, 2.24) is 0 Å². The maximum Gasteiger partial charge on any atom is 0.224 e. The van der Waals surface area contributed by atoms with E-state index in [9.17, 15) is 9.59 Å². The summed E-state index contributed by atoms with van der Waals surface area (Å²) in [6.07, 6.45) is 1.22.